The summed E-state index contributed by atoms with van der Waals surface area (Å²) < 4.78 is 0. The summed E-state index contributed by atoms with van der Waals surface area (Å²) in [6.07, 6.45) is 11.1. The topological polar surface area (TPSA) is 35.8 Å². The predicted molar refractivity (Wildman–Crippen MR) is 66.0 cm³/mol. The predicted octanol–water partition coefficient (Wildman–Crippen LogP) is 3.38. The average Bonchev–Trinajstić information content (AvgIpc) is 2.83. The van der Waals surface area contributed by atoms with E-state index in [2.05, 4.69) is 18.3 Å². The van der Waals surface area contributed by atoms with E-state index in [1.54, 1.807) is 0 Å². The summed E-state index contributed by atoms with van der Waals surface area (Å²) in [6, 6.07) is 3.20. The SMILES string of the molecule is CCC1CCC(C#N)(NC2CCCC2)CC1. The Hall–Kier alpha value is -0.550. The van der Waals surface area contributed by atoms with Crippen LogP contribution in [0.2, 0.25) is 0 Å². The molecule has 0 amide bonds. The molecule has 0 aromatic heterocycles. The first-order chi connectivity index (χ1) is 7.78. The van der Waals surface area contributed by atoms with Gasteiger partial charge in [0.15, 0.2) is 0 Å². The molecule has 0 bridgehead atoms. The van der Waals surface area contributed by atoms with Gasteiger partial charge >= 0.3 is 0 Å². The van der Waals surface area contributed by atoms with E-state index < -0.39 is 0 Å². The van der Waals surface area contributed by atoms with Gasteiger partial charge in [-0.05, 0) is 44.4 Å². The lowest BCUT2D eigenvalue weighted by atomic mass is 9.76. The third kappa shape index (κ3) is 2.58. The molecule has 2 aliphatic carbocycles. The second kappa shape index (κ2) is 5.19. The van der Waals surface area contributed by atoms with Gasteiger partial charge in [0.2, 0.25) is 0 Å². The van der Waals surface area contributed by atoms with Gasteiger partial charge in [0.05, 0.1) is 6.07 Å². The first-order valence-electron chi connectivity index (χ1n) is 6.97. The average molecular weight is 220 g/mol. The molecule has 0 atom stereocenters. The molecule has 2 heteroatoms. The Labute approximate surface area is 99.4 Å². The maximum atomic E-state index is 9.45. The molecule has 0 radical (unpaired) electrons. The monoisotopic (exact) mass is 220 g/mol. The molecule has 1 N–H and O–H groups in total. The zero-order valence-corrected chi connectivity index (χ0v) is 10.5. The van der Waals surface area contributed by atoms with Gasteiger partial charge in [-0.25, -0.2) is 0 Å². The highest BCUT2D eigenvalue weighted by atomic mass is 15.0. The van der Waals surface area contributed by atoms with E-state index >= 15 is 0 Å². The molecule has 0 aromatic rings. The minimum Gasteiger partial charge on any atom is -0.297 e. The van der Waals surface area contributed by atoms with Crippen molar-refractivity contribution < 1.29 is 0 Å². The summed E-state index contributed by atoms with van der Waals surface area (Å²) in [5, 5.41) is 13.1. The Morgan fingerprint density at radius 1 is 1.19 bits per heavy atom. The number of hydrogen-bond donors (Lipinski definition) is 1. The largest absolute Gasteiger partial charge is 0.297 e. The van der Waals surface area contributed by atoms with Gasteiger partial charge in [0.1, 0.15) is 5.54 Å². The van der Waals surface area contributed by atoms with Crippen molar-refractivity contribution in [1.29, 1.82) is 5.26 Å². The Bertz CT molecular complexity index is 252. The van der Waals surface area contributed by atoms with E-state index in [-0.39, 0.29) is 5.54 Å². The van der Waals surface area contributed by atoms with Crippen molar-refractivity contribution in [3.8, 4) is 6.07 Å². The van der Waals surface area contributed by atoms with Gasteiger partial charge in [-0.2, -0.15) is 5.26 Å². The number of nitrogens with zero attached hydrogens (tertiary/aromatic N) is 1. The van der Waals surface area contributed by atoms with Crippen molar-refractivity contribution >= 4 is 0 Å². The van der Waals surface area contributed by atoms with Crippen LogP contribution in [0.1, 0.15) is 64.7 Å². The molecule has 0 saturated heterocycles. The second-order valence-corrected chi connectivity index (χ2v) is 5.67. The van der Waals surface area contributed by atoms with Crippen LogP contribution in [0, 0.1) is 17.2 Å². The van der Waals surface area contributed by atoms with Gasteiger partial charge in [-0.3, -0.25) is 5.32 Å². The van der Waals surface area contributed by atoms with Crippen LogP contribution in [0.5, 0.6) is 0 Å². The summed E-state index contributed by atoms with van der Waals surface area (Å²) in [5.41, 5.74) is -0.180. The summed E-state index contributed by atoms with van der Waals surface area (Å²) in [7, 11) is 0. The number of nitriles is 1. The van der Waals surface area contributed by atoms with Crippen LogP contribution in [0.15, 0.2) is 0 Å². The minimum absolute atomic E-state index is 0.180. The highest BCUT2D eigenvalue weighted by Crippen LogP contribution is 2.35. The summed E-state index contributed by atoms with van der Waals surface area (Å²) in [4.78, 5) is 0. The standard InChI is InChI=1S/C14H24N2/c1-2-12-7-9-14(11-15,10-8-12)16-13-5-3-4-6-13/h12-13,16H,2-10H2,1H3. The third-order valence-electron chi connectivity index (χ3n) is 4.59. The lowest BCUT2D eigenvalue weighted by molar-refractivity contribution is 0.216. The summed E-state index contributed by atoms with van der Waals surface area (Å²) >= 11 is 0. The lowest BCUT2D eigenvalue weighted by Crippen LogP contribution is -2.50. The molecule has 2 rings (SSSR count). The molecule has 0 heterocycles. The normalized spacial score (nSPS) is 36.1. The molecule has 0 aliphatic heterocycles. The van der Waals surface area contributed by atoms with Crippen LogP contribution in [0.3, 0.4) is 0 Å². The van der Waals surface area contributed by atoms with Gasteiger partial charge in [0, 0.05) is 6.04 Å². The molecular formula is C14H24N2. The van der Waals surface area contributed by atoms with Gasteiger partial charge in [-0.15, -0.1) is 0 Å². The van der Waals surface area contributed by atoms with E-state index in [0.29, 0.717) is 6.04 Å². The zero-order valence-electron chi connectivity index (χ0n) is 10.5. The van der Waals surface area contributed by atoms with Crippen molar-refractivity contribution in [1.82, 2.24) is 5.32 Å². The molecule has 16 heavy (non-hydrogen) atoms. The van der Waals surface area contributed by atoms with Crippen LogP contribution in [0.4, 0.5) is 0 Å². The molecule has 0 aromatic carbocycles. The quantitative estimate of drug-likeness (QED) is 0.791. The number of nitrogens with one attached hydrogen (secondary N) is 1. The second-order valence-electron chi connectivity index (χ2n) is 5.67. The highest BCUT2D eigenvalue weighted by Gasteiger charge is 2.36. The van der Waals surface area contributed by atoms with Crippen LogP contribution in [-0.4, -0.2) is 11.6 Å². The first kappa shape index (κ1) is 11.9. The molecule has 0 spiro atoms. The van der Waals surface area contributed by atoms with E-state index in [1.807, 2.05) is 0 Å². The van der Waals surface area contributed by atoms with E-state index in [9.17, 15) is 5.26 Å². The van der Waals surface area contributed by atoms with Crippen LogP contribution in [-0.2, 0) is 0 Å². The molecule has 90 valence electrons. The molecule has 2 saturated carbocycles. The van der Waals surface area contributed by atoms with Crippen molar-refractivity contribution in [3.63, 3.8) is 0 Å². The minimum atomic E-state index is -0.180. The molecule has 2 aliphatic rings. The smallest absolute Gasteiger partial charge is 0.107 e. The fourth-order valence-corrected chi connectivity index (χ4v) is 3.33. The highest BCUT2D eigenvalue weighted by molar-refractivity contribution is 5.10. The van der Waals surface area contributed by atoms with Crippen molar-refractivity contribution in [2.45, 2.75) is 76.3 Å². The van der Waals surface area contributed by atoms with Crippen molar-refractivity contribution in [2.24, 2.45) is 5.92 Å². The fraction of sp³-hybridized carbons (Fsp3) is 0.929. The summed E-state index contributed by atoms with van der Waals surface area (Å²) in [5.74, 6) is 0.867. The molecule has 2 nitrogen and oxygen atoms in total. The lowest BCUT2D eigenvalue weighted by Gasteiger charge is -2.37. The first-order valence-corrected chi connectivity index (χ1v) is 6.97. The summed E-state index contributed by atoms with van der Waals surface area (Å²) in [6.45, 7) is 2.27. The van der Waals surface area contributed by atoms with E-state index in [1.165, 1.54) is 44.9 Å². The third-order valence-corrected chi connectivity index (χ3v) is 4.59. The number of rotatable bonds is 3. The Balaban J connectivity index is 1.90. The zero-order chi connectivity index (χ0) is 11.4. The molecule has 2 fully saturated rings. The van der Waals surface area contributed by atoms with Crippen LogP contribution < -0.4 is 5.32 Å². The molecular weight excluding hydrogens is 196 g/mol. The van der Waals surface area contributed by atoms with Gasteiger partial charge < -0.3 is 0 Å². The van der Waals surface area contributed by atoms with Gasteiger partial charge in [-0.1, -0.05) is 26.2 Å². The fourth-order valence-electron chi connectivity index (χ4n) is 3.33. The number of hydrogen-bond acceptors (Lipinski definition) is 2. The van der Waals surface area contributed by atoms with Crippen molar-refractivity contribution in [2.75, 3.05) is 0 Å². The van der Waals surface area contributed by atoms with Crippen LogP contribution in [0.25, 0.3) is 0 Å². The van der Waals surface area contributed by atoms with E-state index in [0.717, 1.165) is 18.8 Å². The Morgan fingerprint density at radius 3 is 2.31 bits per heavy atom. The van der Waals surface area contributed by atoms with Crippen LogP contribution >= 0.6 is 0 Å². The van der Waals surface area contributed by atoms with Gasteiger partial charge in [0.25, 0.3) is 0 Å². The Kier molecular flexibility index (Phi) is 3.86. The maximum absolute atomic E-state index is 9.45. The van der Waals surface area contributed by atoms with Crippen molar-refractivity contribution in [3.05, 3.63) is 0 Å². The Morgan fingerprint density at radius 2 is 1.81 bits per heavy atom. The molecule has 0 unspecified atom stereocenters. The van der Waals surface area contributed by atoms with E-state index in [4.69, 9.17) is 0 Å². The maximum Gasteiger partial charge on any atom is 0.107 e.